The van der Waals surface area contributed by atoms with Gasteiger partial charge in [0, 0.05) is 15.6 Å². The average molecular weight is 281 g/mol. The van der Waals surface area contributed by atoms with Crippen LogP contribution in [0.3, 0.4) is 0 Å². The molecular weight excluding hydrogens is 265 g/mol. The van der Waals surface area contributed by atoms with Gasteiger partial charge in [0.15, 0.2) is 0 Å². The summed E-state index contributed by atoms with van der Waals surface area (Å²) in [6.45, 7) is 5.72. The van der Waals surface area contributed by atoms with Gasteiger partial charge in [-0.25, -0.2) is 4.39 Å². The number of fused-ring (bicyclic) bond motifs is 1. The fraction of sp³-hybridized carbons (Fsp3) is 0.357. The number of rotatable bonds is 2. The van der Waals surface area contributed by atoms with Crippen LogP contribution in [0.15, 0.2) is 18.2 Å². The number of benzene rings is 1. The van der Waals surface area contributed by atoms with E-state index >= 15 is 0 Å². The molecule has 0 aliphatic heterocycles. The SMILES string of the molecule is COc1c(C(=O)NC(C)(C)C)sc2ccc(F)cc12. The van der Waals surface area contributed by atoms with Gasteiger partial charge in [-0.3, -0.25) is 4.79 Å². The molecule has 1 aromatic heterocycles. The van der Waals surface area contributed by atoms with Crippen LogP contribution < -0.4 is 10.1 Å². The van der Waals surface area contributed by atoms with E-state index in [0.29, 0.717) is 16.0 Å². The largest absolute Gasteiger partial charge is 0.494 e. The third kappa shape index (κ3) is 2.87. The first-order valence-corrected chi connectivity index (χ1v) is 6.72. The summed E-state index contributed by atoms with van der Waals surface area (Å²) in [4.78, 5) is 12.7. The van der Waals surface area contributed by atoms with Crippen LogP contribution in [0.25, 0.3) is 10.1 Å². The molecule has 5 heteroatoms. The molecule has 2 rings (SSSR count). The number of methoxy groups -OCH3 is 1. The van der Waals surface area contributed by atoms with E-state index in [1.54, 1.807) is 6.07 Å². The molecule has 2 aromatic rings. The minimum Gasteiger partial charge on any atom is -0.494 e. The number of halogens is 1. The highest BCUT2D eigenvalue weighted by Gasteiger charge is 2.23. The van der Waals surface area contributed by atoms with Crippen LogP contribution in [0, 0.1) is 5.82 Å². The van der Waals surface area contributed by atoms with Gasteiger partial charge in [0.05, 0.1) is 7.11 Å². The zero-order valence-electron chi connectivity index (χ0n) is 11.3. The molecule has 0 spiro atoms. The molecule has 0 aliphatic rings. The molecule has 0 atom stereocenters. The summed E-state index contributed by atoms with van der Waals surface area (Å²) in [5.41, 5.74) is -0.330. The summed E-state index contributed by atoms with van der Waals surface area (Å²) in [6, 6.07) is 4.42. The van der Waals surface area contributed by atoms with Gasteiger partial charge in [-0.05, 0) is 39.0 Å². The first-order chi connectivity index (χ1) is 8.81. The molecule has 0 aliphatic carbocycles. The van der Waals surface area contributed by atoms with Crippen LogP contribution in [0.5, 0.6) is 5.75 Å². The maximum Gasteiger partial charge on any atom is 0.265 e. The van der Waals surface area contributed by atoms with Gasteiger partial charge >= 0.3 is 0 Å². The minimum atomic E-state index is -0.341. The van der Waals surface area contributed by atoms with Crippen LogP contribution in [0.1, 0.15) is 30.4 Å². The van der Waals surface area contributed by atoms with Crippen molar-refractivity contribution in [2.45, 2.75) is 26.3 Å². The van der Waals surface area contributed by atoms with Gasteiger partial charge in [0.1, 0.15) is 16.4 Å². The van der Waals surface area contributed by atoms with Crippen molar-refractivity contribution >= 4 is 27.3 Å². The number of carbonyl (C=O) groups excluding carboxylic acids is 1. The number of ether oxygens (including phenoxy) is 1. The van der Waals surface area contributed by atoms with Crippen molar-refractivity contribution in [3.8, 4) is 5.75 Å². The van der Waals surface area contributed by atoms with E-state index in [1.807, 2.05) is 20.8 Å². The van der Waals surface area contributed by atoms with Crippen molar-refractivity contribution in [3.05, 3.63) is 28.9 Å². The Morgan fingerprint density at radius 2 is 2.05 bits per heavy atom. The molecule has 1 amide bonds. The molecule has 0 bridgehead atoms. The van der Waals surface area contributed by atoms with Crippen molar-refractivity contribution in [1.29, 1.82) is 0 Å². The van der Waals surface area contributed by atoms with Gasteiger partial charge < -0.3 is 10.1 Å². The second-order valence-electron chi connectivity index (χ2n) is 5.31. The third-order valence-corrected chi connectivity index (χ3v) is 3.65. The van der Waals surface area contributed by atoms with Crippen LogP contribution in [0.4, 0.5) is 4.39 Å². The summed E-state index contributed by atoms with van der Waals surface area (Å²) < 4.78 is 19.4. The second kappa shape index (κ2) is 4.81. The van der Waals surface area contributed by atoms with Crippen molar-refractivity contribution in [2.75, 3.05) is 7.11 Å². The van der Waals surface area contributed by atoms with E-state index in [9.17, 15) is 9.18 Å². The Kier molecular flexibility index (Phi) is 3.49. The summed E-state index contributed by atoms with van der Waals surface area (Å²) >= 11 is 1.30. The Morgan fingerprint density at radius 1 is 1.37 bits per heavy atom. The van der Waals surface area contributed by atoms with E-state index in [2.05, 4.69) is 5.32 Å². The van der Waals surface area contributed by atoms with Gasteiger partial charge in [-0.15, -0.1) is 11.3 Å². The first-order valence-electron chi connectivity index (χ1n) is 5.90. The molecule has 1 aromatic carbocycles. The van der Waals surface area contributed by atoms with Crippen LogP contribution in [-0.4, -0.2) is 18.6 Å². The van der Waals surface area contributed by atoms with Crippen LogP contribution >= 0.6 is 11.3 Å². The number of carbonyl (C=O) groups is 1. The Hall–Kier alpha value is -1.62. The average Bonchev–Trinajstić information content (AvgIpc) is 2.64. The number of hydrogen-bond acceptors (Lipinski definition) is 3. The molecule has 1 N–H and O–H groups in total. The van der Waals surface area contributed by atoms with E-state index in [4.69, 9.17) is 4.74 Å². The molecular formula is C14H16FNO2S. The standard InChI is InChI=1S/C14H16FNO2S/c1-14(2,3)16-13(17)12-11(18-4)9-7-8(15)5-6-10(9)19-12/h5-7H,1-4H3,(H,16,17). The number of nitrogens with one attached hydrogen (secondary N) is 1. The highest BCUT2D eigenvalue weighted by atomic mass is 32.1. The number of thiophene rings is 1. The molecule has 0 saturated carbocycles. The molecule has 0 radical (unpaired) electrons. The summed E-state index contributed by atoms with van der Waals surface area (Å²) in [5.74, 6) is -0.112. The molecule has 0 fully saturated rings. The molecule has 102 valence electrons. The van der Waals surface area contributed by atoms with Gasteiger partial charge in [0.2, 0.25) is 0 Å². The highest BCUT2D eigenvalue weighted by Crippen LogP contribution is 2.38. The van der Waals surface area contributed by atoms with Gasteiger partial charge in [-0.2, -0.15) is 0 Å². The smallest absolute Gasteiger partial charge is 0.265 e. The lowest BCUT2D eigenvalue weighted by molar-refractivity contribution is 0.0921. The second-order valence-corrected chi connectivity index (χ2v) is 6.36. The third-order valence-electron chi connectivity index (χ3n) is 2.50. The monoisotopic (exact) mass is 281 g/mol. The van der Waals surface area contributed by atoms with E-state index in [-0.39, 0.29) is 17.3 Å². The Bertz CT molecular complexity index is 628. The normalized spacial score (nSPS) is 11.6. The van der Waals surface area contributed by atoms with Gasteiger partial charge in [-0.1, -0.05) is 0 Å². The highest BCUT2D eigenvalue weighted by molar-refractivity contribution is 7.21. The molecule has 0 saturated heterocycles. The molecule has 19 heavy (non-hydrogen) atoms. The maximum absolute atomic E-state index is 13.3. The zero-order chi connectivity index (χ0) is 14.2. The van der Waals surface area contributed by atoms with Crippen molar-refractivity contribution in [1.82, 2.24) is 5.32 Å². The first kappa shape index (κ1) is 13.8. The van der Waals surface area contributed by atoms with Crippen molar-refractivity contribution in [3.63, 3.8) is 0 Å². The maximum atomic E-state index is 13.3. The lowest BCUT2D eigenvalue weighted by Crippen LogP contribution is -2.40. The van der Waals surface area contributed by atoms with E-state index < -0.39 is 0 Å². The van der Waals surface area contributed by atoms with Crippen molar-refractivity contribution in [2.24, 2.45) is 0 Å². The minimum absolute atomic E-state index is 0.203. The van der Waals surface area contributed by atoms with E-state index in [1.165, 1.54) is 30.6 Å². The Labute approximate surface area is 115 Å². The molecule has 3 nitrogen and oxygen atoms in total. The van der Waals surface area contributed by atoms with Gasteiger partial charge in [0.25, 0.3) is 5.91 Å². The van der Waals surface area contributed by atoms with Crippen LogP contribution in [-0.2, 0) is 0 Å². The lowest BCUT2D eigenvalue weighted by atomic mass is 10.1. The zero-order valence-corrected chi connectivity index (χ0v) is 12.2. The summed E-state index contributed by atoms with van der Waals surface area (Å²) in [7, 11) is 1.49. The summed E-state index contributed by atoms with van der Waals surface area (Å²) in [6.07, 6.45) is 0. The topological polar surface area (TPSA) is 38.3 Å². The predicted octanol–water partition coefficient (Wildman–Crippen LogP) is 3.58. The fourth-order valence-electron chi connectivity index (χ4n) is 1.80. The predicted molar refractivity (Wildman–Crippen MR) is 75.6 cm³/mol. The number of hydrogen-bond donors (Lipinski definition) is 1. The van der Waals surface area contributed by atoms with Crippen molar-refractivity contribution < 1.29 is 13.9 Å². The fourth-order valence-corrected chi connectivity index (χ4v) is 2.84. The quantitative estimate of drug-likeness (QED) is 0.913. The van der Waals surface area contributed by atoms with E-state index in [0.717, 1.165) is 4.70 Å². The van der Waals surface area contributed by atoms with Crippen LogP contribution in [0.2, 0.25) is 0 Å². The summed E-state index contributed by atoms with van der Waals surface area (Å²) in [5, 5.41) is 3.51. The Morgan fingerprint density at radius 3 is 2.63 bits per heavy atom. The molecule has 0 unspecified atom stereocenters. The lowest BCUT2D eigenvalue weighted by Gasteiger charge is -2.20. The molecule has 1 heterocycles. The number of amides is 1. The Balaban J connectivity index is 2.51.